The van der Waals surface area contributed by atoms with Crippen molar-refractivity contribution in [2.45, 2.75) is 45.1 Å². The lowest BCUT2D eigenvalue weighted by Gasteiger charge is -2.29. The quantitative estimate of drug-likeness (QED) is 0.829. The number of carbonyl (C=O) groups excluding carboxylic acids is 2. The molecule has 0 radical (unpaired) electrons. The Morgan fingerprint density at radius 1 is 1.25 bits per heavy atom. The predicted molar refractivity (Wildman–Crippen MR) is 92.5 cm³/mol. The van der Waals surface area contributed by atoms with Crippen molar-refractivity contribution in [3.8, 4) is 0 Å². The maximum absolute atomic E-state index is 12.0. The molecule has 2 atom stereocenters. The molecule has 1 aromatic heterocycles. The lowest BCUT2D eigenvalue weighted by molar-refractivity contribution is -0.148. The van der Waals surface area contributed by atoms with E-state index < -0.39 is 0 Å². The normalized spacial score (nSPS) is 20.7. The fourth-order valence-electron chi connectivity index (χ4n) is 3.41. The van der Waals surface area contributed by atoms with Gasteiger partial charge in [-0.1, -0.05) is 38.0 Å². The summed E-state index contributed by atoms with van der Waals surface area (Å²) in [4.78, 5) is 27.1. The van der Waals surface area contributed by atoms with Crippen LogP contribution in [0.15, 0.2) is 30.5 Å². The summed E-state index contributed by atoms with van der Waals surface area (Å²) >= 11 is 0. The first kappa shape index (κ1) is 16.6. The molecule has 1 aliphatic rings. The van der Waals surface area contributed by atoms with Crippen molar-refractivity contribution in [2.75, 3.05) is 6.61 Å². The maximum Gasteiger partial charge on any atom is 0.310 e. The van der Waals surface area contributed by atoms with E-state index in [9.17, 15) is 9.59 Å². The summed E-state index contributed by atoms with van der Waals surface area (Å²) in [6.45, 7) is 1.96. The molecule has 24 heavy (non-hydrogen) atoms. The average molecular weight is 328 g/mol. The fourth-order valence-corrected chi connectivity index (χ4v) is 3.41. The van der Waals surface area contributed by atoms with Gasteiger partial charge in [-0.05, 0) is 30.4 Å². The van der Waals surface area contributed by atoms with E-state index in [2.05, 4.69) is 17.2 Å². The Bertz CT molecular complexity index is 722. The van der Waals surface area contributed by atoms with Gasteiger partial charge in [0.15, 0.2) is 6.61 Å². The number of hydrogen-bond acceptors (Lipinski definition) is 3. The van der Waals surface area contributed by atoms with Crippen LogP contribution in [0.5, 0.6) is 0 Å². The first-order valence-corrected chi connectivity index (χ1v) is 8.63. The number of hydrogen-bond donors (Lipinski definition) is 2. The van der Waals surface area contributed by atoms with E-state index in [4.69, 9.17) is 4.74 Å². The number of aromatic amines is 1. The Morgan fingerprint density at radius 3 is 2.88 bits per heavy atom. The van der Waals surface area contributed by atoms with Crippen LogP contribution < -0.4 is 5.32 Å². The van der Waals surface area contributed by atoms with Gasteiger partial charge in [0.1, 0.15) is 0 Å². The number of fused-ring (bicyclic) bond motifs is 1. The van der Waals surface area contributed by atoms with Gasteiger partial charge in [0, 0.05) is 23.1 Å². The van der Waals surface area contributed by atoms with Crippen LogP contribution in [-0.4, -0.2) is 29.5 Å². The molecule has 0 bridgehead atoms. The molecule has 5 heteroatoms. The van der Waals surface area contributed by atoms with Crippen LogP contribution in [0.4, 0.5) is 0 Å². The zero-order valence-electron chi connectivity index (χ0n) is 14.0. The third-order valence-corrected chi connectivity index (χ3v) is 4.83. The van der Waals surface area contributed by atoms with Crippen LogP contribution in [0, 0.1) is 5.92 Å². The lowest BCUT2D eigenvalue weighted by Crippen LogP contribution is -2.42. The van der Waals surface area contributed by atoms with Crippen molar-refractivity contribution in [2.24, 2.45) is 5.92 Å². The van der Waals surface area contributed by atoms with Crippen molar-refractivity contribution >= 4 is 22.8 Å². The SMILES string of the molecule is CC1CCCCC1NC(=O)COC(=O)Cc1c[nH]c2ccccc12. The standard InChI is InChI=1S/C19H24N2O3/c1-13-6-2-4-8-16(13)21-18(22)12-24-19(23)10-14-11-20-17-9-5-3-7-15(14)17/h3,5,7,9,11,13,16,20H,2,4,6,8,10,12H2,1H3,(H,21,22). The Kier molecular flexibility index (Phi) is 5.18. The molecule has 5 nitrogen and oxygen atoms in total. The topological polar surface area (TPSA) is 71.2 Å². The van der Waals surface area contributed by atoms with Gasteiger partial charge in [-0.15, -0.1) is 0 Å². The van der Waals surface area contributed by atoms with E-state index in [1.165, 1.54) is 6.42 Å². The van der Waals surface area contributed by atoms with Crippen LogP contribution in [-0.2, 0) is 20.7 Å². The molecule has 0 spiro atoms. The fraction of sp³-hybridized carbons (Fsp3) is 0.474. The van der Waals surface area contributed by atoms with E-state index in [-0.39, 0.29) is 30.9 Å². The predicted octanol–water partition coefficient (Wildman–Crippen LogP) is 2.95. The van der Waals surface area contributed by atoms with Gasteiger partial charge in [-0.2, -0.15) is 0 Å². The molecular weight excluding hydrogens is 304 g/mol. The molecule has 0 aliphatic heterocycles. The molecule has 1 heterocycles. The van der Waals surface area contributed by atoms with Crippen molar-refractivity contribution in [3.63, 3.8) is 0 Å². The van der Waals surface area contributed by atoms with Gasteiger partial charge < -0.3 is 15.0 Å². The molecule has 1 aliphatic carbocycles. The second-order valence-electron chi connectivity index (χ2n) is 6.63. The summed E-state index contributed by atoms with van der Waals surface area (Å²) in [5, 5.41) is 4.00. The van der Waals surface area contributed by atoms with Crippen molar-refractivity contribution in [3.05, 3.63) is 36.0 Å². The van der Waals surface area contributed by atoms with E-state index in [1.54, 1.807) is 0 Å². The molecule has 1 amide bonds. The molecule has 1 saturated carbocycles. The highest BCUT2D eigenvalue weighted by molar-refractivity contribution is 5.88. The summed E-state index contributed by atoms with van der Waals surface area (Å²) in [6.07, 6.45) is 6.51. The molecule has 1 fully saturated rings. The van der Waals surface area contributed by atoms with Crippen molar-refractivity contribution < 1.29 is 14.3 Å². The Hall–Kier alpha value is -2.30. The Labute approximate surface area is 141 Å². The first-order chi connectivity index (χ1) is 11.6. The van der Waals surface area contributed by atoms with Crippen LogP contribution >= 0.6 is 0 Å². The minimum atomic E-state index is -0.383. The highest BCUT2D eigenvalue weighted by atomic mass is 16.5. The van der Waals surface area contributed by atoms with Crippen molar-refractivity contribution in [1.82, 2.24) is 10.3 Å². The summed E-state index contributed by atoms with van der Waals surface area (Å²) in [5.41, 5.74) is 1.88. The van der Waals surface area contributed by atoms with Crippen LogP contribution in [0.25, 0.3) is 10.9 Å². The smallest absolute Gasteiger partial charge is 0.310 e. The summed E-state index contributed by atoms with van der Waals surface area (Å²) < 4.78 is 5.14. The minimum Gasteiger partial charge on any atom is -0.455 e. The number of benzene rings is 1. The highest BCUT2D eigenvalue weighted by Crippen LogP contribution is 2.23. The average Bonchev–Trinajstić information content (AvgIpc) is 2.98. The number of esters is 1. The first-order valence-electron chi connectivity index (χ1n) is 8.63. The van der Waals surface area contributed by atoms with Gasteiger partial charge in [-0.3, -0.25) is 9.59 Å². The number of para-hydroxylation sites is 1. The van der Waals surface area contributed by atoms with Crippen LogP contribution in [0.3, 0.4) is 0 Å². The van der Waals surface area contributed by atoms with Crippen LogP contribution in [0.1, 0.15) is 38.2 Å². The third kappa shape index (κ3) is 3.96. The number of H-pyrrole nitrogens is 1. The maximum atomic E-state index is 12.0. The van der Waals surface area contributed by atoms with E-state index in [0.29, 0.717) is 5.92 Å². The zero-order chi connectivity index (χ0) is 16.9. The van der Waals surface area contributed by atoms with E-state index in [0.717, 1.165) is 35.7 Å². The highest BCUT2D eigenvalue weighted by Gasteiger charge is 2.23. The van der Waals surface area contributed by atoms with Gasteiger partial charge in [0.2, 0.25) is 0 Å². The van der Waals surface area contributed by atoms with Gasteiger partial charge >= 0.3 is 5.97 Å². The van der Waals surface area contributed by atoms with E-state index >= 15 is 0 Å². The number of rotatable bonds is 5. The molecule has 2 N–H and O–H groups in total. The van der Waals surface area contributed by atoms with Gasteiger partial charge in [0.25, 0.3) is 5.91 Å². The second-order valence-corrected chi connectivity index (χ2v) is 6.63. The molecule has 0 saturated heterocycles. The minimum absolute atomic E-state index is 0.164. The third-order valence-electron chi connectivity index (χ3n) is 4.83. The molecule has 1 aromatic carbocycles. The largest absolute Gasteiger partial charge is 0.455 e. The van der Waals surface area contributed by atoms with Crippen molar-refractivity contribution in [1.29, 1.82) is 0 Å². The van der Waals surface area contributed by atoms with E-state index in [1.807, 2.05) is 30.5 Å². The van der Waals surface area contributed by atoms with Gasteiger partial charge in [0.05, 0.1) is 6.42 Å². The summed E-state index contributed by atoms with van der Waals surface area (Å²) in [5.74, 6) is -0.0998. The van der Waals surface area contributed by atoms with Gasteiger partial charge in [-0.25, -0.2) is 0 Å². The Balaban J connectivity index is 1.47. The number of carbonyl (C=O) groups is 2. The summed E-state index contributed by atoms with van der Waals surface area (Å²) in [6, 6.07) is 8.01. The summed E-state index contributed by atoms with van der Waals surface area (Å²) in [7, 11) is 0. The number of nitrogens with one attached hydrogen (secondary N) is 2. The monoisotopic (exact) mass is 328 g/mol. The van der Waals surface area contributed by atoms with Crippen LogP contribution in [0.2, 0.25) is 0 Å². The number of aromatic nitrogens is 1. The second kappa shape index (κ2) is 7.51. The molecule has 2 unspecified atom stereocenters. The Morgan fingerprint density at radius 2 is 2.04 bits per heavy atom. The number of amides is 1. The number of ether oxygens (including phenoxy) is 1. The molecule has 128 valence electrons. The molecule has 3 rings (SSSR count). The lowest BCUT2D eigenvalue weighted by atomic mass is 9.86. The molecular formula is C19H24N2O3. The molecule has 2 aromatic rings. The zero-order valence-corrected chi connectivity index (χ0v) is 14.0.